The zero-order chi connectivity index (χ0) is 13.2. The molecule has 0 spiro atoms. The minimum atomic E-state index is -0.740. The van der Waals surface area contributed by atoms with Crippen molar-refractivity contribution in [2.75, 3.05) is 0 Å². The molecule has 2 nitrogen and oxygen atoms in total. The van der Waals surface area contributed by atoms with Crippen molar-refractivity contribution < 1.29 is 9.90 Å². The normalized spacial score (nSPS) is 23.3. The molecule has 0 heterocycles. The van der Waals surface area contributed by atoms with E-state index < -0.39 is 5.97 Å². The number of carboxylic acids is 1. The Balaban J connectivity index is 1.94. The molecule has 1 fully saturated rings. The summed E-state index contributed by atoms with van der Waals surface area (Å²) in [7, 11) is 0. The minimum Gasteiger partial charge on any atom is -0.481 e. The molecular weight excluding hydrogens is 236 g/mol. The average Bonchev–Trinajstić information content (AvgIpc) is 3.15. The van der Waals surface area contributed by atoms with Gasteiger partial charge in [0, 0.05) is 5.92 Å². The third-order valence-corrected chi connectivity index (χ3v) is 3.50. The van der Waals surface area contributed by atoms with Gasteiger partial charge in [0.15, 0.2) is 0 Å². The van der Waals surface area contributed by atoms with Crippen LogP contribution in [0.5, 0.6) is 0 Å². The first-order chi connectivity index (χ1) is 9.27. The van der Waals surface area contributed by atoms with E-state index in [1.165, 1.54) is 0 Å². The molecule has 0 saturated heterocycles. The lowest BCUT2D eigenvalue weighted by atomic mass is 10.1. The van der Waals surface area contributed by atoms with Crippen LogP contribution in [0.3, 0.4) is 0 Å². The maximum Gasteiger partial charge on any atom is 0.311 e. The Bertz CT molecular complexity index is 614. The predicted octanol–water partition coefficient (Wildman–Crippen LogP) is 3.57. The first-order valence-corrected chi connectivity index (χ1v) is 6.31. The van der Waals surface area contributed by atoms with Crippen LogP contribution in [0.25, 0.3) is 6.08 Å². The fourth-order valence-electron chi connectivity index (χ4n) is 2.53. The molecule has 1 aliphatic rings. The summed E-state index contributed by atoms with van der Waals surface area (Å²) >= 11 is 0. The van der Waals surface area contributed by atoms with Gasteiger partial charge in [-0.25, -0.2) is 0 Å². The summed E-state index contributed by atoms with van der Waals surface area (Å²) in [4.78, 5) is 11.3. The summed E-state index contributed by atoms with van der Waals surface area (Å²) in [5.74, 6) is -1.09. The third kappa shape index (κ3) is 2.29. The van der Waals surface area contributed by atoms with Crippen LogP contribution in [0.15, 0.2) is 66.2 Å². The molecule has 19 heavy (non-hydrogen) atoms. The van der Waals surface area contributed by atoms with E-state index in [9.17, 15) is 9.90 Å². The zero-order valence-corrected chi connectivity index (χ0v) is 10.4. The van der Waals surface area contributed by atoms with Crippen molar-refractivity contribution in [2.24, 2.45) is 5.92 Å². The Morgan fingerprint density at radius 2 is 1.53 bits per heavy atom. The van der Waals surface area contributed by atoms with Crippen molar-refractivity contribution in [2.45, 2.75) is 5.92 Å². The van der Waals surface area contributed by atoms with Gasteiger partial charge in [0.1, 0.15) is 0 Å². The SMILES string of the molecule is O=C(O)C1C(=Cc2ccccc2)C1c1ccccc1. The lowest BCUT2D eigenvalue weighted by Crippen LogP contribution is -1.98. The Kier molecular flexibility index (Phi) is 2.92. The van der Waals surface area contributed by atoms with Gasteiger partial charge in [-0.1, -0.05) is 66.7 Å². The first kappa shape index (κ1) is 11.7. The summed E-state index contributed by atoms with van der Waals surface area (Å²) in [6, 6.07) is 19.7. The number of carbonyl (C=O) groups is 1. The molecule has 2 atom stereocenters. The highest BCUT2D eigenvalue weighted by atomic mass is 16.4. The molecule has 0 bridgehead atoms. The van der Waals surface area contributed by atoms with E-state index in [0.717, 1.165) is 16.7 Å². The summed E-state index contributed by atoms with van der Waals surface area (Å²) in [6.45, 7) is 0. The molecule has 94 valence electrons. The predicted molar refractivity (Wildman–Crippen MR) is 74.7 cm³/mol. The monoisotopic (exact) mass is 250 g/mol. The molecule has 1 saturated carbocycles. The van der Waals surface area contributed by atoms with Crippen LogP contribution in [0.4, 0.5) is 0 Å². The van der Waals surface area contributed by atoms with Crippen LogP contribution in [0.1, 0.15) is 17.0 Å². The van der Waals surface area contributed by atoms with Crippen LogP contribution in [0, 0.1) is 5.92 Å². The molecule has 2 aromatic carbocycles. The van der Waals surface area contributed by atoms with E-state index in [1.807, 2.05) is 66.7 Å². The van der Waals surface area contributed by atoms with E-state index in [2.05, 4.69) is 0 Å². The molecule has 1 aliphatic carbocycles. The number of hydrogen-bond acceptors (Lipinski definition) is 1. The van der Waals surface area contributed by atoms with E-state index in [4.69, 9.17) is 0 Å². The summed E-state index contributed by atoms with van der Waals surface area (Å²) in [6.07, 6.45) is 2.00. The van der Waals surface area contributed by atoms with E-state index in [0.29, 0.717) is 0 Å². The van der Waals surface area contributed by atoms with Gasteiger partial charge < -0.3 is 5.11 Å². The Morgan fingerprint density at radius 1 is 0.947 bits per heavy atom. The molecule has 0 aliphatic heterocycles. The Labute approximate surface area is 112 Å². The third-order valence-electron chi connectivity index (χ3n) is 3.50. The Hall–Kier alpha value is -2.35. The van der Waals surface area contributed by atoms with Gasteiger partial charge in [-0.3, -0.25) is 4.79 Å². The summed E-state index contributed by atoms with van der Waals surface area (Å²) in [5, 5.41) is 9.29. The average molecular weight is 250 g/mol. The molecule has 3 rings (SSSR count). The smallest absolute Gasteiger partial charge is 0.311 e. The van der Waals surface area contributed by atoms with Crippen LogP contribution >= 0.6 is 0 Å². The van der Waals surface area contributed by atoms with Crippen LogP contribution in [0.2, 0.25) is 0 Å². The second kappa shape index (κ2) is 4.73. The highest BCUT2D eigenvalue weighted by Gasteiger charge is 2.50. The lowest BCUT2D eigenvalue weighted by molar-refractivity contribution is -0.138. The molecule has 2 unspecified atom stereocenters. The van der Waals surface area contributed by atoms with Gasteiger partial charge in [0.05, 0.1) is 5.92 Å². The molecule has 0 aromatic heterocycles. The highest BCUT2D eigenvalue weighted by molar-refractivity contribution is 5.86. The van der Waals surface area contributed by atoms with Crippen molar-refractivity contribution in [3.8, 4) is 0 Å². The van der Waals surface area contributed by atoms with Crippen molar-refractivity contribution in [3.63, 3.8) is 0 Å². The maximum atomic E-state index is 11.3. The fourth-order valence-corrected chi connectivity index (χ4v) is 2.53. The molecule has 0 amide bonds. The molecule has 2 aromatic rings. The zero-order valence-electron chi connectivity index (χ0n) is 10.4. The number of benzene rings is 2. The van der Waals surface area contributed by atoms with Gasteiger partial charge in [0.2, 0.25) is 0 Å². The number of hydrogen-bond donors (Lipinski definition) is 1. The maximum absolute atomic E-state index is 11.3. The van der Waals surface area contributed by atoms with Crippen molar-refractivity contribution >= 4 is 12.0 Å². The van der Waals surface area contributed by atoms with Gasteiger partial charge in [-0.15, -0.1) is 0 Å². The quantitative estimate of drug-likeness (QED) is 0.904. The summed E-state index contributed by atoms with van der Waals surface area (Å²) < 4.78 is 0. The lowest BCUT2D eigenvalue weighted by Gasteiger charge is -1.95. The molecular formula is C17H14O2. The second-order valence-corrected chi connectivity index (χ2v) is 4.76. The van der Waals surface area contributed by atoms with E-state index >= 15 is 0 Å². The number of aliphatic carboxylic acids is 1. The van der Waals surface area contributed by atoms with Crippen molar-refractivity contribution in [1.29, 1.82) is 0 Å². The van der Waals surface area contributed by atoms with Gasteiger partial charge in [-0.2, -0.15) is 0 Å². The number of rotatable bonds is 3. The molecule has 1 N–H and O–H groups in total. The fraction of sp³-hybridized carbons (Fsp3) is 0.118. The van der Waals surface area contributed by atoms with Gasteiger partial charge in [0.25, 0.3) is 0 Å². The molecule has 2 heteroatoms. The minimum absolute atomic E-state index is 0.0268. The summed E-state index contributed by atoms with van der Waals surface area (Å²) in [5.41, 5.74) is 3.13. The van der Waals surface area contributed by atoms with Crippen LogP contribution in [-0.2, 0) is 4.79 Å². The largest absolute Gasteiger partial charge is 0.481 e. The van der Waals surface area contributed by atoms with Crippen molar-refractivity contribution in [3.05, 3.63) is 77.4 Å². The van der Waals surface area contributed by atoms with Crippen LogP contribution < -0.4 is 0 Å². The first-order valence-electron chi connectivity index (χ1n) is 6.31. The van der Waals surface area contributed by atoms with Gasteiger partial charge >= 0.3 is 5.97 Å². The molecule has 0 radical (unpaired) electrons. The topological polar surface area (TPSA) is 37.3 Å². The highest BCUT2D eigenvalue weighted by Crippen LogP contribution is 2.54. The number of carboxylic acid groups (broad SMARTS) is 1. The van der Waals surface area contributed by atoms with Gasteiger partial charge in [-0.05, 0) is 16.7 Å². The van der Waals surface area contributed by atoms with Crippen molar-refractivity contribution in [1.82, 2.24) is 0 Å². The Morgan fingerprint density at radius 3 is 2.11 bits per heavy atom. The van der Waals surface area contributed by atoms with E-state index in [-0.39, 0.29) is 11.8 Å². The second-order valence-electron chi connectivity index (χ2n) is 4.76. The van der Waals surface area contributed by atoms with E-state index in [1.54, 1.807) is 0 Å². The standard InChI is InChI=1S/C17H14O2/c18-17(19)16-14(11-12-7-3-1-4-8-12)15(16)13-9-5-2-6-10-13/h1-11,15-16H,(H,18,19). The van der Waals surface area contributed by atoms with Crippen LogP contribution in [-0.4, -0.2) is 11.1 Å².